The predicted molar refractivity (Wildman–Crippen MR) is 70.0 cm³/mol. The number of nitrogens with one attached hydrogen (secondary N) is 1. The molecule has 1 N–H and O–H groups in total. The second-order valence-electron chi connectivity index (χ2n) is 4.09. The van der Waals surface area contributed by atoms with Gasteiger partial charge in [0.2, 0.25) is 11.2 Å². The minimum absolute atomic E-state index is 0.0680. The van der Waals surface area contributed by atoms with Crippen LogP contribution in [0.1, 0.15) is 6.42 Å². The molecule has 0 aliphatic carbocycles. The molecular weight excluding hydrogens is 268 g/mol. The van der Waals surface area contributed by atoms with Crippen molar-refractivity contribution in [2.75, 3.05) is 11.4 Å². The van der Waals surface area contributed by atoms with Gasteiger partial charge in [0.15, 0.2) is 0 Å². The van der Waals surface area contributed by atoms with Gasteiger partial charge in [0.05, 0.1) is 5.52 Å². The maximum Gasteiger partial charge on any atom is 0.329 e. The highest BCUT2D eigenvalue weighted by Gasteiger charge is 2.27. The Bertz CT molecular complexity index is 688. The summed E-state index contributed by atoms with van der Waals surface area (Å²) in [7, 11) is 0. The summed E-state index contributed by atoms with van der Waals surface area (Å²) < 4.78 is 0. The Kier molecular flexibility index (Phi) is 2.79. The molecule has 1 aliphatic rings. The number of urea groups is 1. The summed E-state index contributed by atoms with van der Waals surface area (Å²) in [5, 5.41) is 3.04. The normalized spacial score (nSPS) is 15.7. The Hall–Kier alpha value is -2.21. The van der Waals surface area contributed by atoms with Gasteiger partial charge in [-0.15, -0.1) is 0 Å². The van der Waals surface area contributed by atoms with Crippen LogP contribution < -0.4 is 10.2 Å². The van der Waals surface area contributed by atoms with Gasteiger partial charge in [-0.2, -0.15) is 4.98 Å². The van der Waals surface area contributed by atoms with E-state index in [2.05, 4.69) is 15.3 Å². The quantitative estimate of drug-likeness (QED) is 0.805. The summed E-state index contributed by atoms with van der Waals surface area (Å²) in [6, 6.07) is 6.77. The molecule has 3 amide bonds. The van der Waals surface area contributed by atoms with Crippen molar-refractivity contribution in [3.8, 4) is 0 Å². The molecule has 0 radical (unpaired) electrons. The van der Waals surface area contributed by atoms with Crippen molar-refractivity contribution >= 4 is 40.3 Å². The highest BCUT2D eigenvalue weighted by atomic mass is 35.5. The molecule has 1 fully saturated rings. The van der Waals surface area contributed by atoms with E-state index in [1.807, 2.05) is 18.2 Å². The standard InChI is InChI=1S/C12H9ClN4O2/c13-11-14-8-4-2-1-3-7(8)10(16-11)17-6-5-9(18)15-12(17)19/h1-4H,5-6H2,(H,15,18,19). The molecule has 0 saturated carbocycles. The maximum atomic E-state index is 11.9. The Morgan fingerprint density at radius 2 is 2.00 bits per heavy atom. The number of hydrogen-bond acceptors (Lipinski definition) is 4. The number of amides is 3. The molecule has 2 aromatic rings. The fraction of sp³-hybridized carbons (Fsp3) is 0.167. The summed E-state index contributed by atoms with van der Waals surface area (Å²) in [6.45, 7) is 0.280. The van der Waals surface area contributed by atoms with Gasteiger partial charge in [0, 0.05) is 18.4 Å². The number of aromatic nitrogens is 2. The monoisotopic (exact) mass is 276 g/mol. The van der Waals surface area contributed by atoms with E-state index in [0.717, 1.165) is 5.39 Å². The first-order chi connectivity index (χ1) is 9.15. The van der Waals surface area contributed by atoms with Crippen molar-refractivity contribution in [1.29, 1.82) is 0 Å². The van der Waals surface area contributed by atoms with E-state index in [-0.39, 0.29) is 24.2 Å². The molecule has 2 heterocycles. The van der Waals surface area contributed by atoms with Gasteiger partial charge in [-0.1, -0.05) is 12.1 Å². The first-order valence-electron chi connectivity index (χ1n) is 5.69. The lowest BCUT2D eigenvalue weighted by molar-refractivity contribution is -0.120. The average molecular weight is 277 g/mol. The second kappa shape index (κ2) is 4.47. The second-order valence-corrected chi connectivity index (χ2v) is 4.43. The van der Waals surface area contributed by atoms with Crippen LogP contribution in [0.5, 0.6) is 0 Å². The number of hydrogen-bond donors (Lipinski definition) is 1. The van der Waals surface area contributed by atoms with E-state index in [1.54, 1.807) is 6.07 Å². The molecule has 6 nitrogen and oxygen atoms in total. The predicted octanol–water partition coefficient (Wildman–Crippen LogP) is 1.73. The van der Waals surface area contributed by atoms with E-state index in [9.17, 15) is 9.59 Å². The fourth-order valence-electron chi connectivity index (χ4n) is 2.00. The zero-order valence-corrected chi connectivity index (χ0v) is 10.5. The number of carbonyl (C=O) groups excluding carboxylic acids is 2. The smallest absolute Gasteiger partial charge is 0.278 e. The Morgan fingerprint density at radius 1 is 1.21 bits per heavy atom. The zero-order chi connectivity index (χ0) is 13.4. The lowest BCUT2D eigenvalue weighted by Crippen LogP contribution is -2.50. The third-order valence-corrected chi connectivity index (χ3v) is 3.03. The molecule has 7 heteroatoms. The zero-order valence-electron chi connectivity index (χ0n) is 9.76. The van der Waals surface area contributed by atoms with Crippen molar-refractivity contribution in [2.24, 2.45) is 0 Å². The maximum absolute atomic E-state index is 11.9. The lowest BCUT2D eigenvalue weighted by Gasteiger charge is -2.26. The van der Waals surface area contributed by atoms with Crippen LogP contribution in [-0.2, 0) is 4.79 Å². The number of imide groups is 1. The van der Waals surface area contributed by atoms with Gasteiger partial charge in [-0.25, -0.2) is 9.78 Å². The Balaban J connectivity index is 2.14. The summed E-state index contributed by atoms with van der Waals surface area (Å²) in [5.41, 5.74) is 0.655. The van der Waals surface area contributed by atoms with Crippen LogP contribution >= 0.6 is 11.6 Å². The summed E-state index contributed by atoms with van der Waals surface area (Å²) in [5.74, 6) is 0.131. The van der Waals surface area contributed by atoms with Crippen LogP contribution in [0.15, 0.2) is 24.3 Å². The van der Waals surface area contributed by atoms with E-state index < -0.39 is 6.03 Å². The van der Waals surface area contributed by atoms with Gasteiger partial charge >= 0.3 is 6.03 Å². The SMILES string of the molecule is O=C1CCN(c2nc(Cl)nc3ccccc23)C(=O)N1. The number of halogens is 1. The third kappa shape index (κ3) is 2.10. The van der Waals surface area contributed by atoms with Gasteiger partial charge in [0.1, 0.15) is 5.82 Å². The molecule has 3 rings (SSSR count). The third-order valence-electron chi connectivity index (χ3n) is 2.87. The van der Waals surface area contributed by atoms with Crippen molar-refractivity contribution in [1.82, 2.24) is 15.3 Å². The number of para-hydroxylation sites is 1. The van der Waals surface area contributed by atoms with Crippen LogP contribution in [0.3, 0.4) is 0 Å². The van der Waals surface area contributed by atoms with E-state index >= 15 is 0 Å². The van der Waals surface area contributed by atoms with Gasteiger partial charge < -0.3 is 0 Å². The van der Waals surface area contributed by atoms with E-state index in [1.165, 1.54) is 4.90 Å². The van der Waals surface area contributed by atoms with Crippen molar-refractivity contribution in [3.63, 3.8) is 0 Å². The van der Waals surface area contributed by atoms with E-state index in [0.29, 0.717) is 11.3 Å². The largest absolute Gasteiger partial charge is 0.329 e. The van der Waals surface area contributed by atoms with Gasteiger partial charge in [0.25, 0.3) is 0 Å². The topological polar surface area (TPSA) is 75.2 Å². The lowest BCUT2D eigenvalue weighted by atomic mass is 10.2. The number of carbonyl (C=O) groups is 2. The van der Waals surface area contributed by atoms with Gasteiger partial charge in [-0.05, 0) is 23.7 Å². The first-order valence-corrected chi connectivity index (χ1v) is 6.06. The fourth-order valence-corrected chi connectivity index (χ4v) is 2.18. The van der Waals surface area contributed by atoms with Crippen LogP contribution in [0.4, 0.5) is 10.6 Å². The highest BCUT2D eigenvalue weighted by Crippen LogP contribution is 2.26. The summed E-state index contributed by atoms with van der Waals surface area (Å²) in [6.07, 6.45) is 0.238. The molecule has 1 aliphatic heterocycles. The molecule has 96 valence electrons. The number of fused-ring (bicyclic) bond motifs is 1. The van der Waals surface area contributed by atoms with Crippen molar-refractivity contribution in [2.45, 2.75) is 6.42 Å². The number of rotatable bonds is 1. The Morgan fingerprint density at radius 3 is 2.79 bits per heavy atom. The van der Waals surface area contributed by atoms with Crippen LogP contribution in [0.25, 0.3) is 10.9 Å². The Labute approximate surface area is 113 Å². The molecule has 0 unspecified atom stereocenters. The minimum atomic E-state index is -0.490. The van der Waals surface area contributed by atoms with Crippen LogP contribution in [-0.4, -0.2) is 28.5 Å². The first kappa shape index (κ1) is 11.9. The molecule has 1 saturated heterocycles. The molecule has 0 atom stereocenters. The highest BCUT2D eigenvalue weighted by molar-refractivity contribution is 6.29. The molecule has 0 spiro atoms. The average Bonchev–Trinajstić information content (AvgIpc) is 2.38. The molecule has 1 aromatic carbocycles. The van der Waals surface area contributed by atoms with Crippen molar-refractivity contribution in [3.05, 3.63) is 29.5 Å². The molecule has 19 heavy (non-hydrogen) atoms. The number of benzene rings is 1. The minimum Gasteiger partial charge on any atom is -0.278 e. The summed E-state index contributed by atoms with van der Waals surface area (Å²) in [4.78, 5) is 32.6. The van der Waals surface area contributed by atoms with Crippen molar-refractivity contribution < 1.29 is 9.59 Å². The molecule has 1 aromatic heterocycles. The van der Waals surface area contributed by atoms with Gasteiger partial charge in [-0.3, -0.25) is 15.0 Å². The van der Waals surface area contributed by atoms with Crippen LogP contribution in [0, 0.1) is 0 Å². The summed E-state index contributed by atoms with van der Waals surface area (Å²) >= 11 is 5.87. The van der Waals surface area contributed by atoms with Crippen LogP contribution in [0.2, 0.25) is 5.28 Å². The van der Waals surface area contributed by atoms with E-state index in [4.69, 9.17) is 11.6 Å². The molecule has 0 bridgehead atoms. The number of anilines is 1. The number of nitrogens with zero attached hydrogens (tertiary/aromatic N) is 3. The molecular formula is C12H9ClN4O2.